The summed E-state index contributed by atoms with van der Waals surface area (Å²) in [5, 5.41) is 9.26. The number of piperidine rings is 1. The van der Waals surface area contributed by atoms with Crippen molar-refractivity contribution in [3.8, 4) is 0 Å². The van der Waals surface area contributed by atoms with Gasteiger partial charge in [0.15, 0.2) is 0 Å². The first-order chi connectivity index (χ1) is 13.9. The highest BCUT2D eigenvalue weighted by Crippen LogP contribution is 2.37. The zero-order valence-corrected chi connectivity index (χ0v) is 17.1. The second kappa shape index (κ2) is 8.78. The maximum atomic E-state index is 13.1. The molecule has 7 nitrogen and oxygen atoms in total. The van der Waals surface area contributed by atoms with Crippen LogP contribution in [-0.2, 0) is 9.59 Å². The molecule has 2 aliphatic rings. The van der Waals surface area contributed by atoms with Crippen LogP contribution in [-0.4, -0.2) is 76.0 Å². The molecule has 0 aliphatic carbocycles. The summed E-state index contributed by atoms with van der Waals surface area (Å²) in [7, 11) is 0. The summed E-state index contributed by atoms with van der Waals surface area (Å²) in [5.74, 6) is -0.126. The Morgan fingerprint density at radius 1 is 1.17 bits per heavy atom. The fraction of sp³-hybridized carbons (Fsp3) is 0.500. The third-order valence-corrected chi connectivity index (χ3v) is 5.61. The average Bonchev–Trinajstić information content (AvgIpc) is 2.90. The Balaban J connectivity index is 1.72. The molecule has 7 heteroatoms. The molecule has 0 aromatic heterocycles. The van der Waals surface area contributed by atoms with Crippen molar-refractivity contribution in [1.29, 1.82) is 0 Å². The van der Waals surface area contributed by atoms with Crippen LogP contribution in [0.4, 0.5) is 4.79 Å². The molecule has 0 unspecified atom stereocenters. The zero-order valence-electron chi connectivity index (χ0n) is 17.1. The Hall–Kier alpha value is -2.67. The highest BCUT2D eigenvalue weighted by Gasteiger charge is 2.57. The van der Waals surface area contributed by atoms with Gasteiger partial charge in [-0.1, -0.05) is 44.2 Å². The van der Waals surface area contributed by atoms with Crippen LogP contribution in [0.3, 0.4) is 0 Å². The molecule has 0 radical (unpaired) electrons. The van der Waals surface area contributed by atoms with Crippen molar-refractivity contribution in [2.24, 2.45) is 5.92 Å². The average molecular weight is 399 g/mol. The summed E-state index contributed by atoms with van der Waals surface area (Å²) in [5.41, 5.74) is 0.0462. The Bertz CT molecular complexity index is 783. The number of imide groups is 1. The van der Waals surface area contributed by atoms with Crippen LogP contribution in [0.2, 0.25) is 0 Å². The molecule has 3 rings (SSSR count). The van der Waals surface area contributed by atoms with Crippen molar-refractivity contribution in [1.82, 2.24) is 14.7 Å². The predicted octanol–water partition coefficient (Wildman–Crippen LogP) is 1.97. The number of aliphatic hydroxyl groups excluding tert-OH is 1. The number of amides is 4. The first-order valence-corrected chi connectivity index (χ1v) is 10.2. The number of hydrogen-bond acceptors (Lipinski definition) is 4. The summed E-state index contributed by atoms with van der Waals surface area (Å²) in [6.07, 6.45) is 4.16. The molecule has 156 valence electrons. The van der Waals surface area contributed by atoms with E-state index in [4.69, 9.17) is 0 Å². The highest BCUT2D eigenvalue weighted by atomic mass is 16.3. The van der Waals surface area contributed by atoms with E-state index in [0.717, 1.165) is 10.5 Å². The lowest BCUT2D eigenvalue weighted by Crippen LogP contribution is -2.57. The molecule has 1 aromatic rings. The van der Waals surface area contributed by atoms with Crippen LogP contribution >= 0.6 is 0 Å². The number of hydrogen-bond donors (Lipinski definition) is 1. The van der Waals surface area contributed by atoms with Crippen LogP contribution in [0.15, 0.2) is 36.4 Å². The lowest BCUT2D eigenvalue weighted by Gasteiger charge is -2.42. The molecule has 2 saturated heterocycles. The second-order valence-electron chi connectivity index (χ2n) is 8.07. The van der Waals surface area contributed by atoms with E-state index in [9.17, 15) is 19.5 Å². The quantitative estimate of drug-likeness (QED) is 0.586. The number of carbonyl (C=O) groups is 3. The number of aliphatic hydroxyl groups is 1. The van der Waals surface area contributed by atoms with Crippen LogP contribution in [0.25, 0.3) is 6.08 Å². The standard InChI is InChI=1S/C22H29N3O4/c1-17(2)16-25-21(29)24(14-15-26)20(28)22(25)10-12-23(13-11-22)19(27)9-8-18-6-4-3-5-7-18/h3-9,17,26H,10-16H2,1-2H3. The molecule has 1 N–H and O–H groups in total. The van der Waals surface area contributed by atoms with Gasteiger partial charge in [0.05, 0.1) is 13.2 Å². The van der Waals surface area contributed by atoms with E-state index in [0.29, 0.717) is 32.5 Å². The first-order valence-electron chi connectivity index (χ1n) is 10.2. The summed E-state index contributed by atoms with van der Waals surface area (Å²) in [6.45, 7) is 5.08. The Labute approximate surface area is 171 Å². The van der Waals surface area contributed by atoms with Crippen molar-refractivity contribution < 1.29 is 19.5 Å². The van der Waals surface area contributed by atoms with Gasteiger partial charge in [-0.25, -0.2) is 4.79 Å². The molecule has 0 bridgehead atoms. The number of nitrogens with zero attached hydrogens (tertiary/aromatic N) is 3. The SMILES string of the molecule is CC(C)CN1C(=O)N(CCO)C(=O)C12CCN(C(=O)C=Cc1ccccc1)CC2. The molecule has 2 heterocycles. The summed E-state index contributed by atoms with van der Waals surface area (Å²) in [6, 6.07) is 9.28. The molecule has 1 spiro atoms. The van der Waals surface area contributed by atoms with Crippen molar-refractivity contribution in [2.75, 3.05) is 32.8 Å². The van der Waals surface area contributed by atoms with Gasteiger partial charge in [-0.2, -0.15) is 0 Å². The number of carbonyl (C=O) groups excluding carboxylic acids is 3. The summed E-state index contributed by atoms with van der Waals surface area (Å²) >= 11 is 0. The van der Waals surface area contributed by atoms with E-state index in [2.05, 4.69) is 0 Å². The number of β-amino-alcohol motifs (C(OH)–C–C–N with tert-alkyl or cyclic N) is 1. The van der Waals surface area contributed by atoms with Crippen LogP contribution in [0.1, 0.15) is 32.3 Å². The summed E-state index contributed by atoms with van der Waals surface area (Å²) < 4.78 is 0. The Kier molecular flexibility index (Phi) is 6.37. The molecule has 2 fully saturated rings. The lowest BCUT2D eigenvalue weighted by molar-refractivity contribution is -0.139. The summed E-state index contributed by atoms with van der Waals surface area (Å²) in [4.78, 5) is 43.0. The van der Waals surface area contributed by atoms with Gasteiger partial charge in [0.25, 0.3) is 5.91 Å². The topological polar surface area (TPSA) is 81.2 Å². The zero-order chi connectivity index (χ0) is 21.0. The minimum atomic E-state index is -0.906. The van der Waals surface area contributed by atoms with Gasteiger partial charge in [-0.3, -0.25) is 14.5 Å². The van der Waals surface area contributed by atoms with Gasteiger partial charge in [-0.05, 0) is 30.4 Å². The van der Waals surface area contributed by atoms with Crippen LogP contribution < -0.4 is 0 Å². The molecule has 2 aliphatic heterocycles. The Morgan fingerprint density at radius 3 is 2.41 bits per heavy atom. The van der Waals surface area contributed by atoms with Gasteiger partial charge in [0.2, 0.25) is 5.91 Å². The van der Waals surface area contributed by atoms with E-state index in [1.807, 2.05) is 44.2 Å². The van der Waals surface area contributed by atoms with Crippen molar-refractivity contribution in [2.45, 2.75) is 32.2 Å². The smallest absolute Gasteiger partial charge is 0.327 e. The van der Waals surface area contributed by atoms with E-state index >= 15 is 0 Å². The van der Waals surface area contributed by atoms with Crippen LogP contribution in [0, 0.1) is 5.92 Å². The highest BCUT2D eigenvalue weighted by molar-refractivity contribution is 6.07. The maximum absolute atomic E-state index is 13.1. The third kappa shape index (κ3) is 4.19. The molecular weight excluding hydrogens is 370 g/mol. The second-order valence-corrected chi connectivity index (χ2v) is 8.07. The molecule has 29 heavy (non-hydrogen) atoms. The fourth-order valence-corrected chi connectivity index (χ4v) is 4.12. The lowest BCUT2D eigenvalue weighted by atomic mass is 9.85. The molecule has 0 atom stereocenters. The van der Waals surface area contributed by atoms with Gasteiger partial charge >= 0.3 is 6.03 Å². The molecule has 1 aromatic carbocycles. The fourth-order valence-electron chi connectivity index (χ4n) is 4.12. The van der Waals surface area contributed by atoms with E-state index < -0.39 is 5.54 Å². The van der Waals surface area contributed by atoms with Gasteiger partial charge in [0, 0.05) is 25.7 Å². The first kappa shape index (κ1) is 21.0. The molecule has 0 saturated carbocycles. The van der Waals surface area contributed by atoms with Crippen LogP contribution in [0.5, 0.6) is 0 Å². The van der Waals surface area contributed by atoms with Gasteiger partial charge in [-0.15, -0.1) is 0 Å². The number of urea groups is 1. The molecule has 4 amide bonds. The largest absolute Gasteiger partial charge is 0.395 e. The number of rotatable bonds is 6. The predicted molar refractivity (Wildman–Crippen MR) is 110 cm³/mol. The van der Waals surface area contributed by atoms with Gasteiger partial charge < -0.3 is 14.9 Å². The van der Waals surface area contributed by atoms with Crippen molar-refractivity contribution >= 4 is 23.9 Å². The normalized spacial score (nSPS) is 19.2. The van der Waals surface area contributed by atoms with E-state index in [1.165, 1.54) is 0 Å². The monoisotopic (exact) mass is 399 g/mol. The minimum absolute atomic E-state index is 0.0104. The van der Waals surface area contributed by atoms with E-state index in [1.54, 1.807) is 22.0 Å². The minimum Gasteiger partial charge on any atom is -0.395 e. The maximum Gasteiger partial charge on any atom is 0.327 e. The number of likely N-dealkylation sites (tertiary alicyclic amines) is 1. The number of benzene rings is 1. The van der Waals surface area contributed by atoms with Gasteiger partial charge in [0.1, 0.15) is 5.54 Å². The van der Waals surface area contributed by atoms with E-state index in [-0.39, 0.29) is 36.9 Å². The Morgan fingerprint density at radius 2 is 1.83 bits per heavy atom. The molecular formula is C22H29N3O4. The van der Waals surface area contributed by atoms with Crippen molar-refractivity contribution in [3.05, 3.63) is 42.0 Å². The third-order valence-electron chi connectivity index (χ3n) is 5.61. The van der Waals surface area contributed by atoms with Crippen molar-refractivity contribution in [3.63, 3.8) is 0 Å².